The molecule has 0 saturated carbocycles. The molecular formula is C28H36N2O6. The largest absolute Gasteiger partial charge is 0.493 e. The molecule has 1 fully saturated rings. The molecule has 2 aliphatic heterocycles. The number of likely N-dealkylation sites (tertiary alicyclic amines) is 1. The molecule has 4 rings (SSSR count). The molecule has 2 aromatic rings. The molecule has 0 aliphatic carbocycles. The number of aromatic nitrogens is 1. The molecule has 0 radical (unpaired) electrons. The fourth-order valence-electron chi connectivity index (χ4n) is 5.08. The van der Waals surface area contributed by atoms with Gasteiger partial charge in [0.1, 0.15) is 5.56 Å². The second-order valence-electron chi connectivity index (χ2n) is 10.5. The molecule has 1 aromatic carbocycles. The molecule has 8 nitrogen and oxygen atoms in total. The van der Waals surface area contributed by atoms with Crippen LogP contribution in [0, 0.1) is 5.41 Å². The third-order valence-electron chi connectivity index (χ3n) is 6.99. The number of esters is 1. The predicted molar refractivity (Wildman–Crippen MR) is 137 cm³/mol. The van der Waals surface area contributed by atoms with Crippen molar-refractivity contribution in [3.63, 3.8) is 0 Å². The lowest BCUT2D eigenvalue weighted by Crippen LogP contribution is -2.33. The number of methoxy groups -OCH3 is 1. The summed E-state index contributed by atoms with van der Waals surface area (Å²) in [5, 5.41) is 0. The molecule has 2 aliphatic rings. The summed E-state index contributed by atoms with van der Waals surface area (Å²) >= 11 is 0. The van der Waals surface area contributed by atoms with Gasteiger partial charge in [-0.2, -0.15) is 0 Å². The Morgan fingerprint density at radius 2 is 1.92 bits per heavy atom. The van der Waals surface area contributed by atoms with E-state index in [1.807, 2.05) is 21.6 Å². The lowest BCUT2D eigenvalue weighted by molar-refractivity contribution is -0.127. The van der Waals surface area contributed by atoms with Gasteiger partial charge in [-0.3, -0.25) is 9.59 Å². The van der Waals surface area contributed by atoms with Crippen molar-refractivity contribution < 1.29 is 23.8 Å². The zero-order valence-electron chi connectivity index (χ0n) is 21.9. The zero-order valence-corrected chi connectivity index (χ0v) is 21.9. The topological polar surface area (TPSA) is 87.1 Å². The fourth-order valence-corrected chi connectivity index (χ4v) is 5.08. The Hall–Kier alpha value is -3.29. The van der Waals surface area contributed by atoms with Crippen LogP contribution in [0.15, 0.2) is 29.2 Å². The zero-order chi connectivity index (χ0) is 26.0. The molecular weight excluding hydrogens is 460 g/mol. The Morgan fingerprint density at radius 3 is 2.56 bits per heavy atom. The van der Waals surface area contributed by atoms with E-state index in [0.717, 1.165) is 36.2 Å². The minimum Gasteiger partial charge on any atom is -0.493 e. The SMILES string of the molecule is CCOC(=O)c1cn2c(cc1=O)-c1cc(OC)c(OCCCN3CCCC3=O)cc1CC2C(C)(C)C. The molecule has 1 unspecified atom stereocenters. The summed E-state index contributed by atoms with van der Waals surface area (Å²) < 4.78 is 18.9. The first-order valence-electron chi connectivity index (χ1n) is 12.7. The van der Waals surface area contributed by atoms with E-state index < -0.39 is 5.97 Å². The maximum atomic E-state index is 12.9. The van der Waals surface area contributed by atoms with Crippen LogP contribution in [0.5, 0.6) is 11.5 Å². The van der Waals surface area contributed by atoms with Crippen LogP contribution in [-0.2, 0) is 16.0 Å². The van der Waals surface area contributed by atoms with Crippen LogP contribution < -0.4 is 14.9 Å². The molecule has 1 amide bonds. The number of hydrogen-bond acceptors (Lipinski definition) is 6. The van der Waals surface area contributed by atoms with Gasteiger partial charge in [0.2, 0.25) is 5.91 Å². The summed E-state index contributed by atoms with van der Waals surface area (Å²) in [5.74, 6) is 0.840. The Balaban J connectivity index is 1.66. The van der Waals surface area contributed by atoms with Gasteiger partial charge >= 0.3 is 5.97 Å². The van der Waals surface area contributed by atoms with E-state index in [2.05, 4.69) is 20.8 Å². The highest BCUT2D eigenvalue weighted by molar-refractivity contribution is 5.89. The number of pyridine rings is 1. The van der Waals surface area contributed by atoms with Crippen molar-refractivity contribution in [3.8, 4) is 22.8 Å². The van der Waals surface area contributed by atoms with E-state index in [-0.39, 0.29) is 35.0 Å². The highest BCUT2D eigenvalue weighted by Crippen LogP contribution is 2.45. The number of ether oxygens (including phenoxy) is 3. The number of hydrogen-bond donors (Lipinski definition) is 0. The highest BCUT2D eigenvalue weighted by atomic mass is 16.5. The Kier molecular flexibility index (Phi) is 7.43. The quantitative estimate of drug-likeness (QED) is 0.401. The number of nitrogens with zero attached hydrogens (tertiary/aromatic N) is 2. The van der Waals surface area contributed by atoms with E-state index in [0.29, 0.717) is 37.5 Å². The molecule has 0 spiro atoms. The van der Waals surface area contributed by atoms with Crippen molar-refractivity contribution in [2.75, 3.05) is 33.4 Å². The lowest BCUT2D eigenvalue weighted by Gasteiger charge is -2.39. The summed E-state index contributed by atoms with van der Waals surface area (Å²) in [4.78, 5) is 39.1. The summed E-state index contributed by atoms with van der Waals surface area (Å²) in [5.41, 5.74) is 2.22. The van der Waals surface area contributed by atoms with E-state index in [1.54, 1.807) is 20.2 Å². The molecule has 1 saturated heterocycles. The van der Waals surface area contributed by atoms with Gasteiger partial charge in [-0.25, -0.2) is 4.79 Å². The first kappa shape index (κ1) is 25.8. The fraction of sp³-hybridized carbons (Fsp3) is 0.536. The van der Waals surface area contributed by atoms with Gasteiger partial charge in [0.25, 0.3) is 0 Å². The molecule has 8 heteroatoms. The summed E-state index contributed by atoms with van der Waals surface area (Å²) in [6.45, 7) is 10.4. The number of rotatable bonds is 8. The van der Waals surface area contributed by atoms with Crippen LogP contribution >= 0.6 is 0 Å². The van der Waals surface area contributed by atoms with Crippen LogP contribution in [0.25, 0.3) is 11.3 Å². The number of carbonyl (C=O) groups is 2. The van der Waals surface area contributed by atoms with Crippen LogP contribution in [0.2, 0.25) is 0 Å². The van der Waals surface area contributed by atoms with E-state index in [9.17, 15) is 14.4 Å². The Morgan fingerprint density at radius 1 is 1.14 bits per heavy atom. The second-order valence-corrected chi connectivity index (χ2v) is 10.5. The number of amides is 1. The van der Waals surface area contributed by atoms with E-state index in [1.165, 1.54) is 6.07 Å². The normalized spacial score (nSPS) is 17.0. The van der Waals surface area contributed by atoms with Crippen LogP contribution in [0.4, 0.5) is 0 Å². The molecule has 1 aromatic heterocycles. The first-order valence-corrected chi connectivity index (χ1v) is 12.7. The maximum Gasteiger partial charge on any atom is 0.343 e. The maximum absolute atomic E-state index is 12.9. The number of benzene rings is 1. The monoisotopic (exact) mass is 496 g/mol. The number of carbonyl (C=O) groups excluding carboxylic acids is 2. The molecule has 36 heavy (non-hydrogen) atoms. The van der Waals surface area contributed by atoms with Crippen LogP contribution in [-0.4, -0.2) is 54.8 Å². The van der Waals surface area contributed by atoms with Crippen molar-refractivity contribution in [3.05, 3.63) is 45.7 Å². The van der Waals surface area contributed by atoms with Crippen molar-refractivity contribution in [1.29, 1.82) is 0 Å². The summed E-state index contributed by atoms with van der Waals surface area (Å²) in [6.07, 6.45) is 4.66. The lowest BCUT2D eigenvalue weighted by atomic mass is 9.78. The standard InChI is InChI=1S/C28H36N2O6/c1-6-35-27(33)20-17-30-21(16-22(20)31)19-15-23(34-5)24(13-18(19)14-25(30)28(2,3)4)36-12-8-11-29-10-7-9-26(29)32/h13,15-17,25H,6-12,14H2,1-5H3. The molecule has 0 N–H and O–H groups in total. The van der Waals surface area contributed by atoms with Crippen molar-refractivity contribution in [2.45, 2.75) is 59.4 Å². The smallest absolute Gasteiger partial charge is 0.343 e. The van der Waals surface area contributed by atoms with Gasteiger partial charge in [0.15, 0.2) is 16.9 Å². The van der Waals surface area contributed by atoms with Crippen molar-refractivity contribution >= 4 is 11.9 Å². The minimum absolute atomic E-state index is 0.0104. The Bertz CT molecular complexity index is 1210. The van der Waals surface area contributed by atoms with Gasteiger partial charge in [0, 0.05) is 43.4 Å². The van der Waals surface area contributed by atoms with E-state index >= 15 is 0 Å². The molecule has 0 bridgehead atoms. The van der Waals surface area contributed by atoms with Crippen LogP contribution in [0.1, 0.15) is 68.9 Å². The van der Waals surface area contributed by atoms with Gasteiger partial charge < -0.3 is 23.7 Å². The second kappa shape index (κ2) is 10.4. The molecule has 194 valence electrons. The minimum atomic E-state index is -0.604. The van der Waals surface area contributed by atoms with Gasteiger partial charge in [-0.1, -0.05) is 20.8 Å². The summed E-state index contributed by atoms with van der Waals surface area (Å²) in [7, 11) is 1.59. The summed E-state index contributed by atoms with van der Waals surface area (Å²) in [6, 6.07) is 5.44. The van der Waals surface area contributed by atoms with Gasteiger partial charge in [-0.15, -0.1) is 0 Å². The highest BCUT2D eigenvalue weighted by Gasteiger charge is 2.34. The van der Waals surface area contributed by atoms with E-state index in [4.69, 9.17) is 14.2 Å². The average molecular weight is 497 g/mol. The first-order chi connectivity index (χ1) is 17.1. The van der Waals surface area contributed by atoms with Crippen LogP contribution in [0.3, 0.4) is 0 Å². The van der Waals surface area contributed by atoms with Crippen molar-refractivity contribution in [2.24, 2.45) is 5.41 Å². The molecule has 3 heterocycles. The predicted octanol–water partition coefficient (Wildman–Crippen LogP) is 4.24. The van der Waals surface area contributed by atoms with Crippen molar-refractivity contribution in [1.82, 2.24) is 9.47 Å². The number of fused-ring (bicyclic) bond motifs is 3. The average Bonchev–Trinajstić information content (AvgIpc) is 3.24. The third-order valence-corrected chi connectivity index (χ3v) is 6.99. The van der Waals surface area contributed by atoms with Gasteiger partial charge in [-0.05, 0) is 49.3 Å². The third kappa shape index (κ3) is 5.13. The van der Waals surface area contributed by atoms with Gasteiger partial charge in [0.05, 0.1) is 26.0 Å². The Labute approximate surface area is 212 Å². The molecule has 1 atom stereocenters.